The van der Waals surface area contributed by atoms with Crippen LogP contribution in [0.3, 0.4) is 0 Å². The van der Waals surface area contributed by atoms with Crippen LogP contribution in [-0.2, 0) is 11.3 Å². The predicted molar refractivity (Wildman–Crippen MR) is 81.5 cm³/mol. The van der Waals surface area contributed by atoms with Crippen LogP contribution in [0.4, 0.5) is 0 Å². The third kappa shape index (κ3) is 2.29. The standard InChI is InChI=1S/C16H18N4O2/c1-2-6-20-10-17-13-4-3-11(8-14(13)20)15-18-16(22-19-15)12-5-7-21-9-12/h3-4,8,10,12H,2,5-7,9H2,1H3. The molecule has 0 aliphatic carbocycles. The molecule has 6 heteroatoms. The molecule has 0 bridgehead atoms. The van der Waals surface area contributed by atoms with Gasteiger partial charge in [0.25, 0.3) is 0 Å². The van der Waals surface area contributed by atoms with Gasteiger partial charge in [-0.15, -0.1) is 0 Å². The predicted octanol–water partition coefficient (Wildman–Crippen LogP) is 3.00. The highest BCUT2D eigenvalue weighted by molar-refractivity contribution is 5.80. The average molecular weight is 298 g/mol. The minimum atomic E-state index is 0.232. The van der Waals surface area contributed by atoms with E-state index in [4.69, 9.17) is 9.26 Å². The molecule has 1 aliphatic rings. The number of imidazole rings is 1. The van der Waals surface area contributed by atoms with Gasteiger partial charge >= 0.3 is 0 Å². The van der Waals surface area contributed by atoms with E-state index in [9.17, 15) is 0 Å². The van der Waals surface area contributed by atoms with Crippen molar-refractivity contribution in [3.8, 4) is 11.4 Å². The minimum absolute atomic E-state index is 0.232. The Morgan fingerprint density at radius 2 is 2.32 bits per heavy atom. The van der Waals surface area contributed by atoms with Crippen molar-refractivity contribution in [3.05, 3.63) is 30.4 Å². The smallest absolute Gasteiger partial charge is 0.232 e. The Morgan fingerprint density at radius 1 is 1.36 bits per heavy atom. The largest absolute Gasteiger partial charge is 0.381 e. The summed E-state index contributed by atoms with van der Waals surface area (Å²) < 4.78 is 12.9. The van der Waals surface area contributed by atoms with Gasteiger partial charge in [0.05, 0.1) is 29.9 Å². The molecular formula is C16H18N4O2. The molecule has 0 amide bonds. The number of nitrogens with zero attached hydrogens (tertiary/aromatic N) is 4. The van der Waals surface area contributed by atoms with E-state index < -0.39 is 0 Å². The molecule has 2 aromatic heterocycles. The fourth-order valence-electron chi connectivity index (χ4n) is 2.86. The van der Waals surface area contributed by atoms with Crippen LogP contribution in [0.2, 0.25) is 0 Å². The Labute approximate surface area is 128 Å². The highest BCUT2D eigenvalue weighted by Gasteiger charge is 2.24. The molecule has 3 aromatic rings. The van der Waals surface area contributed by atoms with Crippen molar-refractivity contribution in [1.82, 2.24) is 19.7 Å². The van der Waals surface area contributed by atoms with Gasteiger partial charge in [-0.25, -0.2) is 4.98 Å². The van der Waals surface area contributed by atoms with Crippen LogP contribution in [0, 0.1) is 0 Å². The second-order valence-electron chi connectivity index (χ2n) is 5.66. The van der Waals surface area contributed by atoms with Crippen LogP contribution < -0.4 is 0 Å². The summed E-state index contributed by atoms with van der Waals surface area (Å²) in [5, 5.41) is 4.13. The monoisotopic (exact) mass is 298 g/mol. The van der Waals surface area contributed by atoms with Gasteiger partial charge in [-0.05, 0) is 31.0 Å². The topological polar surface area (TPSA) is 66.0 Å². The van der Waals surface area contributed by atoms with E-state index in [2.05, 4.69) is 32.7 Å². The number of fused-ring (bicyclic) bond motifs is 1. The number of hydrogen-bond acceptors (Lipinski definition) is 5. The van der Waals surface area contributed by atoms with Gasteiger partial charge in [-0.1, -0.05) is 12.1 Å². The van der Waals surface area contributed by atoms with Crippen molar-refractivity contribution in [3.63, 3.8) is 0 Å². The van der Waals surface area contributed by atoms with E-state index in [1.165, 1.54) is 0 Å². The van der Waals surface area contributed by atoms with E-state index in [-0.39, 0.29) is 5.92 Å². The van der Waals surface area contributed by atoms with Crippen LogP contribution >= 0.6 is 0 Å². The average Bonchev–Trinajstić information content (AvgIpc) is 3.28. The Bertz CT molecular complexity index is 786. The molecule has 4 rings (SSSR count). The van der Waals surface area contributed by atoms with Gasteiger partial charge in [0.15, 0.2) is 0 Å². The summed E-state index contributed by atoms with van der Waals surface area (Å²) in [6.07, 6.45) is 3.91. The summed E-state index contributed by atoms with van der Waals surface area (Å²) in [7, 11) is 0. The number of rotatable bonds is 4. The fourth-order valence-corrected chi connectivity index (χ4v) is 2.86. The van der Waals surface area contributed by atoms with Gasteiger partial charge in [-0.3, -0.25) is 0 Å². The van der Waals surface area contributed by atoms with Gasteiger partial charge < -0.3 is 13.8 Å². The Morgan fingerprint density at radius 3 is 3.14 bits per heavy atom. The highest BCUT2D eigenvalue weighted by Crippen LogP contribution is 2.27. The molecule has 1 aromatic carbocycles. The zero-order valence-electron chi connectivity index (χ0n) is 12.5. The third-order valence-corrected chi connectivity index (χ3v) is 4.06. The lowest BCUT2D eigenvalue weighted by atomic mass is 10.1. The summed E-state index contributed by atoms with van der Waals surface area (Å²) >= 11 is 0. The summed E-state index contributed by atoms with van der Waals surface area (Å²) in [5.41, 5.74) is 3.05. The van der Waals surface area contributed by atoms with Crippen molar-refractivity contribution >= 4 is 11.0 Å². The lowest BCUT2D eigenvalue weighted by molar-refractivity contribution is 0.189. The number of hydrogen-bond donors (Lipinski definition) is 0. The molecule has 1 fully saturated rings. The van der Waals surface area contributed by atoms with E-state index in [0.717, 1.165) is 42.6 Å². The lowest BCUT2D eigenvalue weighted by Crippen LogP contribution is -1.97. The van der Waals surface area contributed by atoms with E-state index >= 15 is 0 Å². The first-order chi connectivity index (χ1) is 10.8. The lowest BCUT2D eigenvalue weighted by Gasteiger charge is -2.02. The molecule has 114 valence electrons. The van der Waals surface area contributed by atoms with Gasteiger partial charge in [-0.2, -0.15) is 4.98 Å². The molecule has 6 nitrogen and oxygen atoms in total. The van der Waals surface area contributed by atoms with Gasteiger partial charge in [0.2, 0.25) is 11.7 Å². The van der Waals surface area contributed by atoms with Crippen LogP contribution in [0.15, 0.2) is 29.0 Å². The van der Waals surface area contributed by atoms with E-state index in [1.807, 2.05) is 18.5 Å². The molecule has 1 unspecified atom stereocenters. The van der Waals surface area contributed by atoms with Crippen molar-refractivity contribution in [2.24, 2.45) is 0 Å². The summed E-state index contributed by atoms with van der Waals surface area (Å²) in [5.74, 6) is 1.54. The Kier molecular flexibility index (Phi) is 3.38. The maximum atomic E-state index is 5.41. The molecule has 0 saturated carbocycles. The van der Waals surface area contributed by atoms with Crippen molar-refractivity contribution in [2.75, 3.05) is 13.2 Å². The fraction of sp³-hybridized carbons (Fsp3) is 0.438. The molecular weight excluding hydrogens is 280 g/mol. The number of aromatic nitrogens is 4. The molecule has 1 saturated heterocycles. The van der Waals surface area contributed by atoms with Crippen LogP contribution in [0.25, 0.3) is 22.4 Å². The van der Waals surface area contributed by atoms with Crippen molar-refractivity contribution < 1.29 is 9.26 Å². The molecule has 1 atom stereocenters. The quantitative estimate of drug-likeness (QED) is 0.740. The van der Waals surface area contributed by atoms with Crippen LogP contribution in [-0.4, -0.2) is 32.9 Å². The molecule has 0 N–H and O–H groups in total. The first-order valence-corrected chi connectivity index (χ1v) is 7.72. The van der Waals surface area contributed by atoms with E-state index in [0.29, 0.717) is 18.3 Å². The Balaban J connectivity index is 1.69. The normalized spacial score (nSPS) is 18.3. The van der Waals surface area contributed by atoms with Crippen molar-refractivity contribution in [2.45, 2.75) is 32.2 Å². The first kappa shape index (κ1) is 13.5. The van der Waals surface area contributed by atoms with Crippen LogP contribution in [0.5, 0.6) is 0 Å². The van der Waals surface area contributed by atoms with E-state index in [1.54, 1.807) is 0 Å². The molecule has 3 heterocycles. The molecule has 0 radical (unpaired) electrons. The summed E-state index contributed by atoms with van der Waals surface area (Å²) in [4.78, 5) is 8.96. The first-order valence-electron chi connectivity index (χ1n) is 7.72. The molecule has 22 heavy (non-hydrogen) atoms. The minimum Gasteiger partial charge on any atom is -0.381 e. The molecule has 0 spiro atoms. The maximum absolute atomic E-state index is 5.41. The van der Waals surface area contributed by atoms with Gasteiger partial charge in [0.1, 0.15) is 0 Å². The van der Waals surface area contributed by atoms with Crippen LogP contribution in [0.1, 0.15) is 31.6 Å². The Hall–Kier alpha value is -2.21. The highest BCUT2D eigenvalue weighted by atomic mass is 16.5. The van der Waals surface area contributed by atoms with Gasteiger partial charge in [0, 0.05) is 18.7 Å². The number of ether oxygens (including phenoxy) is 1. The second-order valence-corrected chi connectivity index (χ2v) is 5.66. The third-order valence-electron chi connectivity index (χ3n) is 4.06. The molecule has 1 aliphatic heterocycles. The SMILES string of the molecule is CCCn1cnc2ccc(-c3noc(C4CCOC4)n3)cc21. The summed E-state index contributed by atoms with van der Waals surface area (Å²) in [6, 6.07) is 6.08. The second kappa shape index (κ2) is 5.53. The maximum Gasteiger partial charge on any atom is 0.232 e. The zero-order chi connectivity index (χ0) is 14.9. The number of aryl methyl sites for hydroxylation is 1. The zero-order valence-corrected chi connectivity index (χ0v) is 12.5. The summed E-state index contributed by atoms with van der Waals surface area (Å²) in [6.45, 7) is 4.55. The van der Waals surface area contributed by atoms with Crippen molar-refractivity contribution in [1.29, 1.82) is 0 Å². The number of benzene rings is 1.